The fraction of sp³-hybridized carbons (Fsp3) is 0.615. The van der Waals surface area contributed by atoms with Gasteiger partial charge in [0.2, 0.25) is 5.91 Å². The monoisotopic (exact) mass is 416 g/mol. The number of fused-ring (bicyclic) bond motifs is 3. The van der Waals surface area contributed by atoms with Crippen LogP contribution >= 0.6 is 0 Å². The van der Waals surface area contributed by atoms with Gasteiger partial charge in [-0.05, 0) is 85.2 Å². The third-order valence-electron chi connectivity index (χ3n) is 10.3. The van der Waals surface area contributed by atoms with E-state index >= 15 is 0 Å². The Morgan fingerprint density at radius 3 is 2.65 bits per heavy atom. The molecule has 10 unspecified atom stereocenters. The molecule has 2 bridgehead atoms. The van der Waals surface area contributed by atoms with Crippen molar-refractivity contribution in [2.75, 3.05) is 13.1 Å². The van der Waals surface area contributed by atoms with Crippen LogP contribution in [0.15, 0.2) is 34.7 Å². The number of nitrogens with zero attached hydrogens (tertiary/aromatic N) is 1. The van der Waals surface area contributed by atoms with Crippen molar-refractivity contribution in [3.05, 3.63) is 36.1 Å². The average Bonchev–Trinajstić information content (AvgIpc) is 3.47. The zero-order valence-corrected chi connectivity index (χ0v) is 17.6. The molecular formula is C26H28N2O3. The SMILES string of the molecule is O=C(NC1CCCN(C(=O)C2C3C4CC5C6C4CC3C6C52)C1)c1cc2ccccc2o1. The fourth-order valence-electron chi connectivity index (χ4n) is 9.66. The summed E-state index contributed by atoms with van der Waals surface area (Å²) < 4.78 is 5.73. The van der Waals surface area contributed by atoms with Crippen molar-refractivity contribution in [2.24, 2.45) is 53.3 Å². The maximum absolute atomic E-state index is 13.7. The van der Waals surface area contributed by atoms with Gasteiger partial charge in [-0.3, -0.25) is 9.59 Å². The minimum atomic E-state index is -0.170. The van der Waals surface area contributed by atoms with Crippen molar-refractivity contribution in [2.45, 2.75) is 31.7 Å². The molecule has 5 saturated carbocycles. The molecule has 10 atom stereocenters. The number of amides is 2. The van der Waals surface area contributed by atoms with Crippen LogP contribution in [0.5, 0.6) is 0 Å². The van der Waals surface area contributed by atoms with Crippen LogP contribution in [0.2, 0.25) is 0 Å². The van der Waals surface area contributed by atoms with Gasteiger partial charge < -0.3 is 14.6 Å². The van der Waals surface area contributed by atoms with Gasteiger partial charge in [-0.25, -0.2) is 0 Å². The number of piperidine rings is 1. The Morgan fingerprint density at radius 2 is 1.77 bits per heavy atom. The van der Waals surface area contributed by atoms with Gasteiger partial charge in [-0.15, -0.1) is 0 Å². The molecule has 5 aliphatic carbocycles. The highest BCUT2D eigenvalue weighted by atomic mass is 16.3. The standard InChI is InChI=1S/C26H28N2O3/c29-25(19-8-12-4-1-2-6-18(12)31-19)27-13-5-3-7-28(11-13)26(30)24-21-15-10-16-20-14(15)9-17(21)22(20)23(16)24/h1-2,4,6,8,13-17,20-24H,3,5,7,9-11H2,(H,27,29). The van der Waals surface area contributed by atoms with E-state index in [0.29, 0.717) is 36.0 Å². The molecule has 1 aromatic heterocycles. The molecule has 31 heavy (non-hydrogen) atoms. The molecule has 8 rings (SSSR count). The predicted octanol–water partition coefficient (Wildman–Crippen LogP) is 3.55. The highest BCUT2D eigenvalue weighted by Gasteiger charge is 2.81. The van der Waals surface area contributed by atoms with E-state index in [4.69, 9.17) is 4.42 Å². The summed E-state index contributed by atoms with van der Waals surface area (Å²) in [6, 6.07) is 9.51. The molecule has 5 nitrogen and oxygen atoms in total. The number of nitrogens with one attached hydrogen (secondary N) is 1. The second kappa shape index (κ2) is 5.73. The summed E-state index contributed by atoms with van der Waals surface area (Å²) in [5, 5.41) is 4.09. The Morgan fingerprint density at radius 1 is 0.968 bits per heavy atom. The third-order valence-corrected chi connectivity index (χ3v) is 10.3. The maximum Gasteiger partial charge on any atom is 0.287 e. The van der Waals surface area contributed by atoms with Crippen LogP contribution in [0.3, 0.4) is 0 Å². The smallest absolute Gasteiger partial charge is 0.287 e. The van der Waals surface area contributed by atoms with Crippen molar-refractivity contribution in [3.63, 3.8) is 0 Å². The van der Waals surface area contributed by atoms with Gasteiger partial charge in [0.1, 0.15) is 5.58 Å². The lowest BCUT2D eigenvalue weighted by atomic mass is 9.57. The Bertz CT molecular complexity index is 1080. The van der Waals surface area contributed by atoms with E-state index in [9.17, 15) is 9.59 Å². The van der Waals surface area contributed by atoms with E-state index < -0.39 is 0 Å². The average molecular weight is 417 g/mol. The first-order valence-electron chi connectivity index (χ1n) is 12.3. The van der Waals surface area contributed by atoms with Gasteiger partial charge in [-0.2, -0.15) is 0 Å². The van der Waals surface area contributed by atoms with Crippen molar-refractivity contribution >= 4 is 22.8 Å². The summed E-state index contributed by atoms with van der Waals surface area (Å²) in [5.41, 5.74) is 0.733. The number of hydrogen-bond donors (Lipinski definition) is 1. The highest BCUT2D eigenvalue weighted by molar-refractivity contribution is 5.96. The molecular weight excluding hydrogens is 388 g/mol. The largest absolute Gasteiger partial charge is 0.451 e. The quantitative estimate of drug-likeness (QED) is 0.832. The molecule has 0 radical (unpaired) electrons. The number of para-hydroxylation sites is 1. The number of hydrogen-bond acceptors (Lipinski definition) is 3. The van der Waals surface area contributed by atoms with Crippen molar-refractivity contribution in [1.29, 1.82) is 0 Å². The lowest BCUT2D eigenvalue weighted by Gasteiger charge is -2.48. The van der Waals surface area contributed by atoms with Gasteiger partial charge >= 0.3 is 0 Å². The Kier molecular flexibility index (Phi) is 3.19. The number of likely N-dealkylation sites (tertiary alicyclic amines) is 1. The minimum Gasteiger partial charge on any atom is -0.451 e. The number of rotatable bonds is 3. The van der Waals surface area contributed by atoms with Crippen molar-refractivity contribution in [1.82, 2.24) is 10.2 Å². The molecule has 2 amide bonds. The number of furan rings is 1. The highest BCUT2D eigenvalue weighted by Crippen LogP contribution is 2.84. The number of carbonyl (C=O) groups excluding carboxylic acids is 2. The normalized spacial score (nSPS) is 45.5. The van der Waals surface area contributed by atoms with Crippen LogP contribution in [0.4, 0.5) is 0 Å². The van der Waals surface area contributed by atoms with Crippen LogP contribution in [-0.2, 0) is 4.79 Å². The zero-order valence-electron chi connectivity index (χ0n) is 17.6. The predicted molar refractivity (Wildman–Crippen MR) is 114 cm³/mol. The Labute approximate surface area is 181 Å². The Hall–Kier alpha value is -2.30. The maximum atomic E-state index is 13.7. The van der Waals surface area contributed by atoms with Crippen LogP contribution in [0, 0.1) is 53.3 Å². The van der Waals surface area contributed by atoms with Crippen molar-refractivity contribution < 1.29 is 14.0 Å². The van der Waals surface area contributed by atoms with E-state index in [1.54, 1.807) is 6.07 Å². The molecule has 1 aliphatic heterocycles. The minimum absolute atomic E-state index is 0.0107. The number of benzene rings is 1. The lowest BCUT2D eigenvalue weighted by molar-refractivity contribution is -0.145. The van der Waals surface area contributed by atoms with E-state index in [0.717, 1.165) is 65.9 Å². The van der Waals surface area contributed by atoms with E-state index in [1.165, 1.54) is 12.8 Å². The van der Waals surface area contributed by atoms with Gasteiger partial charge in [-0.1, -0.05) is 18.2 Å². The van der Waals surface area contributed by atoms with Crippen LogP contribution in [0.1, 0.15) is 36.2 Å². The molecule has 160 valence electrons. The first-order valence-corrected chi connectivity index (χ1v) is 12.3. The summed E-state index contributed by atoms with van der Waals surface area (Å²) >= 11 is 0. The van der Waals surface area contributed by atoms with Gasteiger partial charge in [0.25, 0.3) is 5.91 Å². The molecule has 2 heterocycles. The molecule has 1 N–H and O–H groups in total. The van der Waals surface area contributed by atoms with E-state index in [2.05, 4.69) is 10.2 Å². The Balaban J connectivity index is 0.987. The zero-order chi connectivity index (χ0) is 20.4. The van der Waals surface area contributed by atoms with E-state index in [-0.39, 0.29) is 11.9 Å². The summed E-state index contributed by atoms with van der Waals surface area (Å²) in [7, 11) is 0. The van der Waals surface area contributed by atoms with Gasteiger partial charge in [0, 0.05) is 30.4 Å². The summed E-state index contributed by atoms with van der Waals surface area (Å²) in [6.07, 6.45) is 4.74. The van der Waals surface area contributed by atoms with Crippen molar-refractivity contribution in [3.8, 4) is 0 Å². The lowest BCUT2D eigenvalue weighted by Crippen LogP contribution is -2.54. The molecule has 1 saturated heterocycles. The van der Waals surface area contributed by atoms with Crippen LogP contribution < -0.4 is 5.32 Å². The third kappa shape index (κ3) is 2.04. The summed E-state index contributed by atoms with van der Waals surface area (Å²) in [4.78, 5) is 28.6. The molecule has 6 fully saturated rings. The number of carbonyl (C=O) groups is 2. The molecule has 6 aliphatic rings. The topological polar surface area (TPSA) is 62.6 Å². The van der Waals surface area contributed by atoms with Crippen LogP contribution in [-0.4, -0.2) is 35.8 Å². The second-order valence-corrected chi connectivity index (χ2v) is 11.2. The second-order valence-electron chi connectivity index (χ2n) is 11.2. The first kappa shape index (κ1) is 17.3. The molecule has 0 spiro atoms. The molecule has 2 aromatic rings. The van der Waals surface area contributed by atoms with Gasteiger partial charge in [0.15, 0.2) is 5.76 Å². The molecule has 5 heteroatoms. The summed E-state index contributed by atoms with van der Waals surface area (Å²) in [5.74, 6) is 7.73. The van der Waals surface area contributed by atoms with Crippen LogP contribution in [0.25, 0.3) is 11.0 Å². The molecule has 1 aromatic carbocycles. The summed E-state index contributed by atoms with van der Waals surface area (Å²) in [6.45, 7) is 1.50. The van der Waals surface area contributed by atoms with E-state index in [1.807, 2.05) is 24.3 Å². The van der Waals surface area contributed by atoms with Gasteiger partial charge in [0.05, 0.1) is 0 Å². The fourth-order valence-corrected chi connectivity index (χ4v) is 9.66. The first-order chi connectivity index (χ1) is 15.2.